The Morgan fingerprint density at radius 1 is 1.03 bits per heavy atom. The number of hydrazone groups is 1. The molecule has 0 aliphatic heterocycles. The van der Waals surface area contributed by atoms with Gasteiger partial charge in [-0.2, -0.15) is 5.10 Å². The van der Waals surface area contributed by atoms with E-state index >= 15 is 0 Å². The number of methoxy groups -OCH3 is 2. The third-order valence-electron chi connectivity index (χ3n) is 4.21. The van der Waals surface area contributed by atoms with Gasteiger partial charge in [-0.3, -0.25) is 4.79 Å². The zero-order chi connectivity index (χ0) is 21.3. The van der Waals surface area contributed by atoms with Crippen molar-refractivity contribution in [2.75, 3.05) is 14.2 Å². The van der Waals surface area contributed by atoms with Crippen LogP contribution in [-0.2, 0) is 6.61 Å². The van der Waals surface area contributed by atoms with Gasteiger partial charge in [-0.05, 0) is 70.1 Å². The maximum atomic E-state index is 12.2. The number of hydrogen-bond acceptors (Lipinski definition) is 5. The number of halogens is 1. The van der Waals surface area contributed by atoms with Crippen LogP contribution in [0.2, 0.25) is 0 Å². The molecule has 0 aliphatic carbocycles. The van der Waals surface area contributed by atoms with Crippen LogP contribution in [0.4, 0.5) is 0 Å². The van der Waals surface area contributed by atoms with Crippen LogP contribution in [0.15, 0.2) is 71.8 Å². The monoisotopic (exact) mass is 516 g/mol. The second-order valence-corrected chi connectivity index (χ2v) is 7.40. The molecule has 0 fully saturated rings. The molecular formula is C23H21IN2O4. The molecule has 154 valence electrons. The third-order valence-corrected chi connectivity index (χ3v) is 5.01. The van der Waals surface area contributed by atoms with Crippen molar-refractivity contribution < 1.29 is 19.0 Å². The summed E-state index contributed by atoms with van der Waals surface area (Å²) in [6, 6.07) is 20.4. The summed E-state index contributed by atoms with van der Waals surface area (Å²) in [5.74, 6) is 1.65. The van der Waals surface area contributed by atoms with Gasteiger partial charge in [0.1, 0.15) is 12.4 Å². The van der Waals surface area contributed by atoms with Crippen molar-refractivity contribution in [3.63, 3.8) is 0 Å². The van der Waals surface area contributed by atoms with Gasteiger partial charge in [-0.1, -0.05) is 30.3 Å². The van der Waals surface area contributed by atoms with Crippen molar-refractivity contribution in [1.82, 2.24) is 5.43 Å². The predicted octanol–water partition coefficient (Wildman–Crippen LogP) is 4.65. The predicted molar refractivity (Wildman–Crippen MR) is 125 cm³/mol. The van der Waals surface area contributed by atoms with Crippen molar-refractivity contribution in [3.8, 4) is 17.2 Å². The van der Waals surface area contributed by atoms with E-state index in [1.807, 2.05) is 42.5 Å². The molecule has 0 bridgehead atoms. The summed E-state index contributed by atoms with van der Waals surface area (Å²) in [6.07, 6.45) is 1.56. The second kappa shape index (κ2) is 10.6. The fraction of sp³-hybridized carbons (Fsp3) is 0.130. The highest BCUT2D eigenvalue weighted by molar-refractivity contribution is 14.1. The Kier molecular flexibility index (Phi) is 7.67. The molecule has 3 aromatic rings. The Labute approximate surface area is 189 Å². The van der Waals surface area contributed by atoms with Crippen LogP contribution < -0.4 is 19.6 Å². The Bertz CT molecular complexity index is 1020. The molecule has 0 saturated carbocycles. The lowest BCUT2D eigenvalue weighted by molar-refractivity contribution is 0.0955. The lowest BCUT2D eigenvalue weighted by Crippen LogP contribution is -2.17. The average molecular weight is 516 g/mol. The van der Waals surface area contributed by atoms with Crippen LogP contribution in [0.1, 0.15) is 21.5 Å². The SMILES string of the molecule is COc1ccc(C(=O)N/N=C\c2cc(I)c(OCc3ccccc3)c(OC)c2)cc1. The number of hydrogen-bond donors (Lipinski definition) is 1. The molecule has 0 aliphatic rings. The maximum absolute atomic E-state index is 12.2. The van der Waals surface area contributed by atoms with Gasteiger partial charge in [0, 0.05) is 5.56 Å². The Morgan fingerprint density at radius 2 is 1.77 bits per heavy atom. The smallest absolute Gasteiger partial charge is 0.271 e. The summed E-state index contributed by atoms with van der Waals surface area (Å²) in [6.45, 7) is 0.443. The van der Waals surface area contributed by atoms with E-state index in [9.17, 15) is 4.79 Å². The average Bonchev–Trinajstić information content (AvgIpc) is 2.78. The summed E-state index contributed by atoms with van der Waals surface area (Å²) in [5, 5.41) is 4.04. The quantitative estimate of drug-likeness (QED) is 0.269. The van der Waals surface area contributed by atoms with Crippen molar-refractivity contribution >= 4 is 34.7 Å². The minimum absolute atomic E-state index is 0.307. The van der Waals surface area contributed by atoms with Crippen molar-refractivity contribution in [3.05, 3.63) is 87.0 Å². The van der Waals surface area contributed by atoms with Crippen LogP contribution >= 0.6 is 22.6 Å². The van der Waals surface area contributed by atoms with Gasteiger partial charge in [-0.25, -0.2) is 5.43 Å². The van der Waals surface area contributed by atoms with Gasteiger partial charge >= 0.3 is 0 Å². The first-order valence-electron chi connectivity index (χ1n) is 9.12. The molecule has 0 spiro atoms. The fourth-order valence-corrected chi connectivity index (χ4v) is 3.44. The number of benzene rings is 3. The molecule has 0 atom stereocenters. The zero-order valence-corrected chi connectivity index (χ0v) is 18.8. The Hall–Kier alpha value is -3.07. The topological polar surface area (TPSA) is 69.2 Å². The summed E-state index contributed by atoms with van der Waals surface area (Å²) in [5.41, 5.74) is 4.86. The van der Waals surface area contributed by atoms with Gasteiger partial charge in [-0.15, -0.1) is 0 Å². The number of rotatable bonds is 8. The summed E-state index contributed by atoms with van der Waals surface area (Å²) in [4.78, 5) is 12.2. The van der Waals surface area contributed by atoms with Crippen LogP contribution in [-0.4, -0.2) is 26.3 Å². The van der Waals surface area contributed by atoms with Crippen LogP contribution in [0, 0.1) is 3.57 Å². The van der Waals surface area contributed by atoms with Crippen LogP contribution in [0.5, 0.6) is 17.2 Å². The molecule has 0 aromatic heterocycles. The number of carbonyl (C=O) groups excluding carboxylic acids is 1. The first-order valence-corrected chi connectivity index (χ1v) is 10.2. The number of nitrogens with zero attached hydrogens (tertiary/aromatic N) is 1. The number of amides is 1. The molecule has 30 heavy (non-hydrogen) atoms. The molecule has 6 nitrogen and oxygen atoms in total. The highest BCUT2D eigenvalue weighted by Crippen LogP contribution is 2.34. The molecule has 1 N–H and O–H groups in total. The van der Waals surface area contributed by atoms with Gasteiger partial charge in [0.2, 0.25) is 0 Å². The lowest BCUT2D eigenvalue weighted by atomic mass is 10.2. The van der Waals surface area contributed by atoms with Crippen molar-refractivity contribution in [2.45, 2.75) is 6.61 Å². The summed E-state index contributed by atoms with van der Waals surface area (Å²) >= 11 is 2.19. The molecule has 0 unspecified atom stereocenters. The van der Waals surface area contributed by atoms with E-state index < -0.39 is 0 Å². The number of carbonyl (C=O) groups is 1. The van der Waals surface area contributed by atoms with Gasteiger partial charge in [0.05, 0.1) is 24.0 Å². The number of nitrogens with one attached hydrogen (secondary N) is 1. The molecule has 7 heteroatoms. The van der Waals surface area contributed by atoms with Gasteiger partial charge in [0.25, 0.3) is 5.91 Å². The van der Waals surface area contributed by atoms with E-state index in [0.29, 0.717) is 29.4 Å². The molecule has 0 radical (unpaired) electrons. The standard InChI is InChI=1S/C23H21IN2O4/c1-28-19-10-8-18(9-11-19)23(27)26-25-14-17-12-20(24)22(21(13-17)29-2)30-15-16-6-4-3-5-7-16/h3-14H,15H2,1-2H3,(H,26,27)/b25-14-. The molecular weight excluding hydrogens is 495 g/mol. The minimum atomic E-state index is -0.307. The molecule has 0 heterocycles. The Balaban J connectivity index is 1.66. The van der Waals surface area contributed by atoms with E-state index in [1.165, 1.54) is 0 Å². The summed E-state index contributed by atoms with van der Waals surface area (Å²) < 4.78 is 17.4. The summed E-state index contributed by atoms with van der Waals surface area (Å²) in [7, 11) is 3.17. The highest BCUT2D eigenvalue weighted by Gasteiger charge is 2.12. The minimum Gasteiger partial charge on any atom is -0.497 e. The zero-order valence-electron chi connectivity index (χ0n) is 16.6. The van der Waals surface area contributed by atoms with E-state index in [2.05, 4.69) is 33.1 Å². The molecule has 3 rings (SSSR count). The van der Waals surface area contributed by atoms with E-state index in [-0.39, 0.29) is 5.91 Å². The first kappa shape index (κ1) is 21.6. The van der Waals surface area contributed by atoms with Crippen molar-refractivity contribution in [2.24, 2.45) is 5.10 Å². The van der Waals surface area contributed by atoms with Gasteiger partial charge in [0.15, 0.2) is 11.5 Å². The lowest BCUT2D eigenvalue weighted by Gasteiger charge is -2.13. The molecule has 1 amide bonds. The molecule has 3 aromatic carbocycles. The number of ether oxygens (including phenoxy) is 3. The van der Waals surface area contributed by atoms with Gasteiger partial charge < -0.3 is 14.2 Å². The van der Waals surface area contributed by atoms with Crippen molar-refractivity contribution in [1.29, 1.82) is 0 Å². The fourth-order valence-electron chi connectivity index (χ4n) is 2.66. The molecule has 0 saturated heterocycles. The Morgan fingerprint density at radius 3 is 2.43 bits per heavy atom. The highest BCUT2D eigenvalue weighted by atomic mass is 127. The second-order valence-electron chi connectivity index (χ2n) is 6.24. The van der Waals surface area contributed by atoms with E-state index in [0.717, 1.165) is 14.7 Å². The van der Waals surface area contributed by atoms with E-state index in [4.69, 9.17) is 14.2 Å². The largest absolute Gasteiger partial charge is 0.497 e. The van der Waals surface area contributed by atoms with Crippen LogP contribution in [0.25, 0.3) is 0 Å². The van der Waals surface area contributed by atoms with E-state index in [1.54, 1.807) is 44.7 Å². The first-order chi connectivity index (χ1) is 14.6. The van der Waals surface area contributed by atoms with Crippen LogP contribution in [0.3, 0.4) is 0 Å². The third kappa shape index (κ3) is 5.73. The maximum Gasteiger partial charge on any atom is 0.271 e. The normalized spacial score (nSPS) is 10.6.